The maximum Gasteiger partial charge on any atom is 0.250 e. The molecule has 0 aliphatic rings. The van der Waals surface area contributed by atoms with Crippen molar-refractivity contribution < 1.29 is 19.8 Å². The molecule has 1 heterocycles. The van der Waals surface area contributed by atoms with Crippen LogP contribution in [0.4, 0.5) is 5.13 Å². The first-order valence-corrected chi connectivity index (χ1v) is 11.9. The van der Waals surface area contributed by atoms with Crippen LogP contribution in [0.15, 0.2) is 6.20 Å². The highest BCUT2D eigenvalue weighted by atomic mass is 32.1. The molecule has 0 saturated carbocycles. The number of aliphatic hydroxyl groups is 2. The van der Waals surface area contributed by atoms with E-state index in [4.69, 9.17) is 0 Å². The minimum atomic E-state index is -1.20. The Hall–Kier alpha value is -1.51. The van der Waals surface area contributed by atoms with Gasteiger partial charge in [0.2, 0.25) is 11.8 Å². The van der Waals surface area contributed by atoms with Crippen molar-refractivity contribution in [3.05, 3.63) is 11.1 Å². The Morgan fingerprint density at radius 3 is 2.16 bits per heavy atom. The van der Waals surface area contributed by atoms with E-state index in [0.29, 0.717) is 5.13 Å². The molecule has 4 N–H and O–H groups in total. The van der Waals surface area contributed by atoms with Gasteiger partial charge in [-0.2, -0.15) is 0 Å². The Morgan fingerprint density at radius 2 is 1.68 bits per heavy atom. The van der Waals surface area contributed by atoms with Crippen molar-refractivity contribution in [3.8, 4) is 0 Å². The van der Waals surface area contributed by atoms with Crippen LogP contribution in [0.25, 0.3) is 0 Å². The fraction of sp³-hybridized carbons (Fsp3) is 0.783. The Kier molecular flexibility index (Phi) is 12.5. The maximum atomic E-state index is 12.3. The van der Waals surface area contributed by atoms with Crippen molar-refractivity contribution in [1.82, 2.24) is 10.3 Å². The van der Waals surface area contributed by atoms with E-state index in [2.05, 4.69) is 36.4 Å². The van der Waals surface area contributed by atoms with E-state index in [1.165, 1.54) is 17.8 Å². The molecule has 0 radical (unpaired) electrons. The van der Waals surface area contributed by atoms with Gasteiger partial charge in [-0.25, -0.2) is 4.98 Å². The third-order valence-electron chi connectivity index (χ3n) is 4.49. The van der Waals surface area contributed by atoms with Crippen molar-refractivity contribution in [2.75, 3.05) is 5.32 Å². The molecular weight excluding hydrogens is 414 g/mol. The van der Waals surface area contributed by atoms with Crippen LogP contribution in [0, 0.1) is 5.41 Å². The summed E-state index contributed by atoms with van der Waals surface area (Å²) in [4.78, 5) is 29.7. The topological polar surface area (TPSA) is 112 Å². The SMILES string of the molecule is CC(CCCC(C)(C)O)c1cnc(NC(=O)[C@H](C)NC(=O)C(O)C(C)(C)C)s1.CCC. The molecule has 0 spiro atoms. The van der Waals surface area contributed by atoms with Gasteiger partial charge in [0, 0.05) is 11.1 Å². The zero-order valence-electron chi connectivity index (χ0n) is 20.7. The number of carbonyl (C=O) groups excluding carboxylic acids is 2. The third kappa shape index (κ3) is 12.2. The molecule has 0 bridgehead atoms. The predicted molar refractivity (Wildman–Crippen MR) is 128 cm³/mol. The highest BCUT2D eigenvalue weighted by molar-refractivity contribution is 7.15. The quantitative estimate of drug-likeness (QED) is 0.438. The van der Waals surface area contributed by atoms with Crippen molar-refractivity contribution >= 4 is 28.3 Å². The summed E-state index contributed by atoms with van der Waals surface area (Å²) in [6.07, 6.45) is 4.37. The van der Waals surface area contributed by atoms with E-state index in [1.54, 1.807) is 47.7 Å². The average Bonchev–Trinajstić information content (AvgIpc) is 3.08. The van der Waals surface area contributed by atoms with Crippen molar-refractivity contribution in [2.24, 2.45) is 5.41 Å². The van der Waals surface area contributed by atoms with Crippen molar-refractivity contribution in [1.29, 1.82) is 0 Å². The monoisotopic (exact) mass is 457 g/mol. The van der Waals surface area contributed by atoms with Gasteiger partial charge < -0.3 is 20.8 Å². The normalized spacial score (nSPS) is 14.7. The number of aliphatic hydroxyl groups excluding tert-OH is 1. The van der Waals surface area contributed by atoms with Crippen LogP contribution >= 0.6 is 11.3 Å². The summed E-state index contributed by atoms with van der Waals surface area (Å²) in [5.41, 5.74) is -1.26. The molecule has 0 aliphatic heterocycles. The zero-order valence-corrected chi connectivity index (χ0v) is 21.5. The summed E-state index contributed by atoms with van der Waals surface area (Å²) in [7, 11) is 0. The molecule has 2 amide bonds. The standard InChI is InChI=1S/C20H35N3O4S.C3H8/c1-12(9-8-10-20(6,7)27)14-11-21-18(28-14)23-16(25)13(2)22-17(26)15(24)19(3,4)5;1-3-2/h11-13,15,24,27H,8-10H2,1-7H3,(H,22,26)(H,21,23,25);3H2,1-2H3/t12?,13-,15?;/m0./s1. The molecule has 180 valence electrons. The number of hydrogen-bond acceptors (Lipinski definition) is 6. The highest BCUT2D eigenvalue weighted by Crippen LogP contribution is 2.30. The maximum absolute atomic E-state index is 12.3. The molecule has 3 atom stereocenters. The van der Waals surface area contributed by atoms with Crippen LogP contribution in [-0.4, -0.2) is 44.8 Å². The summed E-state index contributed by atoms with van der Waals surface area (Å²) in [6.45, 7) is 16.8. The summed E-state index contributed by atoms with van der Waals surface area (Å²) in [5.74, 6) is -0.676. The molecule has 8 heteroatoms. The lowest BCUT2D eigenvalue weighted by Gasteiger charge is -2.26. The number of anilines is 1. The molecule has 0 saturated heterocycles. The van der Waals surface area contributed by atoms with Gasteiger partial charge in [-0.15, -0.1) is 11.3 Å². The van der Waals surface area contributed by atoms with Crippen LogP contribution in [0.5, 0.6) is 0 Å². The number of amides is 2. The number of carbonyl (C=O) groups is 2. The first-order valence-electron chi connectivity index (χ1n) is 11.1. The Bertz CT molecular complexity index is 677. The molecular formula is C23H43N3O4S. The molecule has 0 fully saturated rings. The van der Waals surface area contributed by atoms with E-state index in [-0.39, 0.29) is 11.8 Å². The van der Waals surface area contributed by atoms with Gasteiger partial charge in [-0.05, 0) is 51.4 Å². The summed E-state index contributed by atoms with van der Waals surface area (Å²) >= 11 is 1.41. The minimum Gasteiger partial charge on any atom is -0.390 e. The van der Waals surface area contributed by atoms with Crippen LogP contribution in [0.1, 0.15) is 98.8 Å². The van der Waals surface area contributed by atoms with Gasteiger partial charge in [0.1, 0.15) is 12.1 Å². The Balaban J connectivity index is 0.00000282. The molecule has 1 rings (SSSR count). The fourth-order valence-corrected chi connectivity index (χ4v) is 3.42. The molecule has 31 heavy (non-hydrogen) atoms. The smallest absolute Gasteiger partial charge is 0.250 e. The number of hydrogen-bond donors (Lipinski definition) is 4. The van der Waals surface area contributed by atoms with Crippen LogP contribution in [0.3, 0.4) is 0 Å². The van der Waals surface area contributed by atoms with E-state index in [0.717, 1.165) is 24.1 Å². The number of nitrogens with zero attached hydrogens (tertiary/aromatic N) is 1. The molecule has 2 unspecified atom stereocenters. The minimum absolute atomic E-state index is 0.282. The lowest BCUT2D eigenvalue weighted by Crippen LogP contribution is -2.49. The number of nitrogens with one attached hydrogen (secondary N) is 2. The number of rotatable bonds is 9. The molecule has 0 aliphatic carbocycles. The second kappa shape index (κ2) is 13.1. The Morgan fingerprint density at radius 1 is 1.13 bits per heavy atom. The second-order valence-electron chi connectivity index (χ2n) is 9.87. The van der Waals surface area contributed by atoms with E-state index in [9.17, 15) is 19.8 Å². The predicted octanol–water partition coefficient (Wildman–Crippen LogP) is 4.45. The van der Waals surface area contributed by atoms with Gasteiger partial charge in [0.25, 0.3) is 0 Å². The van der Waals surface area contributed by atoms with Crippen molar-refractivity contribution in [3.63, 3.8) is 0 Å². The van der Waals surface area contributed by atoms with Crippen LogP contribution in [0.2, 0.25) is 0 Å². The third-order valence-corrected chi connectivity index (χ3v) is 5.63. The van der Waals surface area contributed by atoms with Crippen LogP contribution in [-0.2, 0) is 9.59 Å². The lowest BCUT2D eigenvalue weighted by molar-refractivity contribution is -0.137. The lowest BCUT2D eigenvalue weighted by atomic mass is 9.88. The summed E-state index contributed by atoms with van der Waals surface area (Å²) in [5, 5.41) is 25.5. The first-order chi connectivity index (χ1) is 14.1. The molecule has 0 aromatic carbocycles. The van der Waals surface area contributed by atoms with Gasteiger partial charge in [-0.3, -0.25) is 9.59 Å². The number of aromatic nitrogens is 1. The molecule has 7 nitrogen and oxygen atoms in total. The average molecular weight is 458 g/mol. The van der Waals surface area contributed by atoms with Crippen molar-refractivity contribution in [2.45, 2.75) is 112 Å². The van der Waals surface area contributed by atoms with E-state index in [1.807, 2.05) is 0 Å². The fourth-order valence-electron chi connectivity index (χ4n) is 2.52. The highest BCUT2D eigenvalue weighted by Gasteiger charge is 2.30. The van der Waals surface area contributed by atoms with Gasteiger partial charge >= 0.3 is 0 Å². The second-order valence-corrected chi connectivity index (χ2v) is 10.9. The zero-order chi connectivity index (χ0) is 24.4. The summed E-state index contributed by atoms with van der Waals surface area (Å²) < 4.78 is 0. The van der Waals surface area contributed by atoms with Crippen LogP contribution < -0.4 is 10.6 Å². The molecule has 1 aromatic heterocycles. The number of thiazole rings is 1. The molecule has 1 aromatic rings. The van der Waals surface area contributed by atoms with Gasteiger partial charge in [-0.1, -0.05) is 48.0 Å². The van der Waals surface area contributed by atoms with E-state index >= 15 is 0 Å². The Labute approximate surface area is 192 Å². The summed E-state index contributed by atoms with van der Waals surface area (Å²) in [6, 6.07) is -0.791. The van der Waals surface area contributed by atoms with Gasteiger partial charge in [0.15, 0.2) is 5.13 Å². The first kappa shape index (κ1) is 29.5. The largest absolute Gasteiger partial charge is 0.390 e. The van der Waals surface area contributed by atoms with E-state index < -0.39 is 29.1 Å². The van der Waals surface area contributed by atoms with Gasteiger partial charge in [0.05, 0.1) is 5.60 Å².